The molecule has 0 bridgehead atoms. The molecule has 1 aliphatic rings. The Morgan fingerprint density at radius 2 is 2.05 bits per heavy atom. The van der Waals surface area contributed by atoms with Crippen molar-refractivity contribution in [3.05, 3.63) is 41.6 Å². The summed E-state index contributed by atoms with van der Waals surface area (Å²) in [6, 6.07) is 8.57. The van der Waals surface area contributed by atoms with Crippen molar-refractivity contribution in [1.29, 1.82) is 0 Å². The first-order valence-corrected chi connectivity index (χ1v) is 6.97. The second kappa shape index (κ2) is 6.41. The Bertz CT molecular complexity index is 450. The standard InChI is InChI=1S/C16H22N2O/c1-13-6-8-15(9-7-13)10-11-17-16(19)18-12-4-3-5-14(18)2/h6-11,14H,3-5,12H2,1-2H3,(H,17,19)/b11-10+. The number of rotatable bonds is 2. The van der Waals surface area contributed by atoms with Crippen LogP contribution in [0.4, 0.5) is 4.79 Å². The lowest BCUT2D eigenvalue weighted by Gasteiger charge is -2.32. The third kappa shape index (κ3) is 3.85. The molecule has 2 amide bonds. The van der Waals surface area contributed by atoms with E-state index in [9.17, 15) is 4.79 Å². The van der Waals surface area contributed by atoms with E-state index in [1.807, 2.05) is 23.1 Å². The lowest BCUT2D eigenvalue weighted by Crippen LogP contribution is -2.46. The monoisotopic (exact) mass is 258 g/mol. The Morgan fingerprint density at radius 3 is 2.74 bits per heavy atom. The smallest absolute Gasteiger partial charge is 0.321 e. The van der Waals surface area contributed by atoms with Gasteiger partial charge in [-0.3, -0.25) is 0 Å². The minimum Gasteiger partial charge on any atom is -0.322 e. The fourth-order valence-electron chi connectivity index (χ4n) is 2.37. The van der Waals surface area contributed by atoms with Crippen molar-refractivity contribution in [2.75, 3.05) is 6.54 Å². The van der Waals surface area contributed by atoms with E-state index in [-0.39, 0.29) is 6.03 Å². The minimum atomic E-state index is 0.00978. The van der Waals surface area contributed by atoms with Gasteiger partial charge in [0.05, 0.1) is 0 Å². The maximum Gasteiger partial charge on any atom is 0.321 e. The van der Waals surface area contributed by atoms with E-state index in [0.717, 1.165) is 24.9 Å². The van der Waals surface area contributed by atoms with Gasteiger partial charge in [0.15, 0.2) is 0 Å². The molecule has 1 heterocycles. The molecule has 1 unspecified atom stereocenters. The summed E-state index contributed by atoms with van der Waals surface area (Å²) < 4.78 is 0. The van der Waals surface area contributed by atoms with Crippen molar-refractivity contribution >= 4 is 12.1 Å². The highest BCUT2D eigenvalue weighted by atomic mass is 16.2. The summed E-state index contributed by atoms with van der Waals surface area (Å²) in [6.07, 6.45) is 7.10. The SMILES string of the molecule is Cc1ccc(/C=C/NC(=O)N2CCCCC2C)cc1. The van der Waals surface area contributed by atoms with Crippen LogP contribution in [0.1, 0.15) is 37.3 Å². The van der Waals surface area contributed by atoms with E-state index in [2.05, 4.69) is 31.3 Å². The summed E-state index contributed by atoms with van der Waals surface area (Å²) in [6.45, 7) is 5.04. The number of hydrogen-bond acceptors (Lipinski definition) is 1. The first-order valence-electron chi connectivity index (χ1n) is 6.97. The number of aryl methyl sites for hydroxylation is 1. The quantitative estimate of drug-likeness (QED) is 0.864. The van der Waals surface area contributed by atoms with Crippen LogP contribution in [-0.4, -0.2) is 23.5 Å². The second-order valence-electron chi connectivity index (χ2n) is 5.23. The number of amides is 2. The molecule has 2 rings (SSSR count). The molecule has 0 radical (unpaired) electrons. The van der Waals surface area contributed by atoms with Gasteiger partial charge in [-0.1, -0.05) is 29.8 Å². The van der Waals surface area contributed by atoms with Gasteiger partial charge < -0.3 is 10.2 Å². The molecule has 1 aromatic rings. The molecule has 1 atom stereocenters. The van der Waals surface area contributed by atoms with Crippen LogP contribution < -0.4 is 5.32 Å². The molecule has 3 heteroatoms. The van der Waals surface area contributed by atoms with Crippen LogP contribution in [-0.2, 0) is 0 Å². The fourth-order valence-corrected chi connectivity index (χ4v) is 2.37. The van der Waals surface area contributed by atoms with E-state index < -0.39 is 0 Å². The maximum atomic E-state index is 12.0. The average Bonchev–Trinajstić information content (AvgIpc) is 2.41. The molecular weight excluding hydrogens is 236 g/mol. The molecule has 0 aromatic heterocycles. The Balaban J connectivity index is 1.87. The third-order valence-corrected chi connectivity index (χ3v) is 3.62. The normalized spacial score (nSPS) is 19.7. The zero-order valence-electron chi connectivity index (χ0n) is 11.7. The fraction of sp³-hybridized carbons (Fsp3) is 0.438. The number of benzene rings is 1. The van der Waals surface area contributed by atoms with Crippen molar-refractivity contribution in [3.8, 4) is 0 Å². The molecule has 102 valence electrons. The molecule has 1 aromatic carbocycles. The van der Waals surface area contributed by atoms with E-state index in [1.165, 1.54) is 12.0 Å². The molecule has 0 saturated carbocycles. The van der Waals surface area contributed by atoms with E-state index in [0.29, 0.717) is 6.04 Å². The lowest BCUT2D eigenvalue weighted by molar-refractivity contribution is 0.161. The highest BCUT2D eigenvalue weighted by Gasteiger charge is 2.22. The zero-order chi connectivity index (χ0) is 13.7. The van der Waals surface area contributed by atoms with Crippen molar-refractivity contribution in [1.82, 2.24) is 10.2 Å². The number of carbonyl (C=O) groups is 1. The van der Waals surface area contributed by atoms with Gasteiger partial charge in [-0.2, -0.15) is 0 Å². The number of nitrogens with one attached hydrogen (secondary N) is 1. The van der Waals surface area contributed by atoms with Gasteiger partial charge in [-0.05, 0) is 44.7 Å². The molecule has 1 N–H and O–H groups in total. The summed E-state index contributed by atoms with van der Waals surface area (Å²) in [7, 11) is 0. The van der Waals surface area contributed by atoms with Crippen LogP contribution >= 0.6 is 0 Å². The molecule has 19 heavy (non-hydrogen) atoms. The predicted octanol–water partition coefficient (Wildman–Crippen LogP) is 3.55. The van der Waals surface area contributed by atoms with Gasteiger partial charge in [0.1, 0.15) is 0 Å². The first-order chi connectivity index (χ1) is 9.16. The van der Waals surface area contributed by atoms with Crippen LogP contribution in [0.2, 0.25) is 0 Å². The van der Waals surface area contributed by atoms with Gasteiger partial charge in [-0.15, -0.1) is 0 Å². The number of carbonyl (C=O) groups excluding carboxylic acids is 1. The largest absolute Gasteiger partial charge is 0.322 e. The van der Waals surface area contributed by atoms with Crippen molar-refractivity contribution < 1.29 is 4.79 Å². The van der Waals surface area contributed by atoms with E-state index in [1.54, 1.807) is 6.20 Å². The Morgan fingerprint density at radius 1 is 1.32 bits per heavy atom. The van der Waals surface area contributed by atoms with Crippen LogP contribution in [0, 0.1) is 6.92 Å². The van der Waals surface area contributed by atoms with Gasteiger partial charge in [0.25, 0.3) is 0 Å². The third-order valence-electron chi connectivity index (χ3n) is 3.62. The van der Waals surface area contributed by atoms with E-state index in [4.69, 9.17) is 0 Å². The topological polar surface area (TPSA) is 32.3 Å². The summed E-state index contributed by atoms with van der Waals surface area (Å²) in [4.78, 5) is 13.9. The zero-order valence-corrected chi connectivity index (χ0v) is 11.7. The first kappa shape index (κ1) is 13.7. The molecule has 1 saturated heterocycles. The number of nitrogens with zero attached hydrogens (tertiary/aromatic N) is 1. The van der Waals surface area contributed by atoms with Crippen LogP contribution in [0.15, 0.2) is 30.5 Å². The summed E-state index contributed by atoms with van der Waals surface area (Å²) >= 11 is 0. The maximum absolute atomic E-state index is 12.0. The lowest BCUT2D eigenvalue weighted by atomic mass is 10.0. The molecule has 0 spiro atoms. The Hall–Kier alpha value is -1.77. The Kier molecular flexibility index (Phi) is 4.61. The van der Waals surface area contributed by atoms with Crippen molar-refractivity contribution in [2.45, 2.75) is 39.2 Å². The molecule has 1 aliphatic heterocycles. The van der Waals surface area contributed by atoms with Gasteiger partial charge in [0, 0.05) is 18.8 Å². The highest BCUT2D eigenvalue weighted by molar-refractivity contribution is 5.76. The van der Waals surface area contributed by atoms with Crippen molar-refractivity contribution in [3.63, 3.8) is 0 Å². The molecular formula is C16H22N2O. The number of hydrogen-bond donors (Lipinski definition) is 1. The van der Waals surface area contributed by atoms with Crippen LogP contribution in [0.25, 0.3) is 6.08 Å². The van der Waals surface area contributed by atoms with Crippen LogP contribution in [0.3, 0.4) is 0 Å². The minimum absolute atomic E-state index is 0.00978. The van der Waals surface area contributed by atoms with Crippen molar-refractivity contribution in [2.24, 2.45) is 0 Å². The molecule has 1 fully saturated rings. The van der Waals surface area contributed by atoms with Gasteiger partial charge in [-0.25, -0.2) is 4.79 Å². The summed E-state index contributed by atoms with van der Waals surface area (Å²) in [5.74, 6) is 0. The molecule has 0 aliphatic carbocycles. The highest BCUT2D eigenvalue weighted by Crippen LogP contribution is 2.16. The Labute approximate surface area is 115 Å². The number of likely N-dealkylation sites (tertiary alicyclic amines) is 1. The van der Waals surface area contributed by atoms with Gasteiger partial charge >= 0.3 is 6.03 Å². The van der Waals surface area contributed by atoms with Crippen LogP contribution in [0.5, 0.6) is 0 Å². The summed E-state index contributed by atoms with van der Waals surface area (Å²) in [5.41, 5.74) is 2.33. The van der Waals surface area contributed by atoms with E-state index >= 15 is 0 Å². The average molecular weight is 258 g/mol. The van der Waals surface area contributed by atoms with Gasteiger partial charge in [0.2, 0.25) is 0 Å². The summed E-state index contributed by atoms with van der Waals surface area (Å²) in [5, 5.41) is 2.85. The molecule has 3 nitrogen and oxygen atoms in total. The second-order valence-corrected chi connectivity index (χ2v) is 5.23. The number of urea groups is 1. The number of piperidine rings is 1. The predicted molar refractivity (Wildman–Crippen MR) is 78.8 cm³/mol.